The average molecular weight is 536 g/mol. The highest BCUT2D eigenvalue weighted by Gasteiger charge is 2.94. The van der Waals surface area contributed by atoms with Crippen molar-refractivity contribution in [3.8, 4) is 0 Å². The maximum Gasteiger partial charge on any atom is 0.473 e. The predicted molar refractivity (Wildman–Crippen MR) is 66.5 cm³/mol. The van der Waals surface area contributed by atoms with E-state index >= 15 is 0 Å². The molecule has 0 aliphatic heterocycles. The van der Waals surface area contributed by atoms with E-state index in [1.54, 1.807) is 0 Å². The number of hydrogen-bond donors (Lipinski definition) is 0. The van der Waals surface area contributed by atoms with Gasteiger partial charge < -0.3 is 4.74 Å². The first kappa shape index (κ1) is 30.9. The molecule has 0 aromatic rings. The summed E-state index contributed by atoms with van der Waals surface area (Å²) in [5.41, 5.74) is 0. The van der Waals surface area contributed by atoms with Gasteiger partial charge in [-0.05, 0) is 0 Å². The van der Waals surface area contributed by atoms with Gasteiger partial charge in [0.2, 0.25) is 0 Å². The van der Waals surface area contributed by atoms with Crippen LogP contribution in [0.2, 0.25) is 0 Å². The number of rotatable bonds is 10. The normalized spacial score (nSPS) is 16.4. The molecule has 0 aliphatic rings. The zero-order valence-electron chi connectivity index (χ0n) is 14.7. The number of halogens is 18. The Labute approximate surface area is 169 Å². The molecule has 0 aliphatic carbocycles. The van der Waals surface area contributed by atoms with E-state index < -0.39 is 72.5 Å². The molecule has 0 radical (unpaired) electrons. The van der Waals surface area contributed by atoms with Crippen LogP contribution >= 0.6 is 0 Å². The van der Waals surface area contributed by atoms with E-state index in [2.05, 4.69) is 11.3 Å². The smallest absolute Gasteiger partial charge is 0.393 e. The Morgan fingerprint density at radius 1 is 0.667 bits per heavy atom. The van der Waals surface area contributed by atoms with Crippen LogP contribution in [-0.4, -0.2) is 60.0 Å². The lowest BCUT2D eigenvalue weighted by atomic mass is 9.89. The molecule has 0 fully saturated rings. The van der Waals surface area contributed by atoms with Crippen LogP contribution in [0.1, 0.15) is 6.42 Å². The summed E-state index contributed by atoms with van der Waals surface area (Å²) in [6.45, 7) is 2.27. The van der Waals surface area contributed by atoms with Crippen molar-refractivity contribution in [1.29, 1.82) is 0 Å². The number of alkyl halides is 18. The molecule has 0 aromatic carbocycles. The molecule has 0 heterocycles. The topological polar surface area (TPSA) is 26.3 Å². The number of esters is 1. The standard InChI is InChI=1S/C13H6F18O2/c1-2-5(32)33-13(30,31)12(28,29)11(26,27)10(24,25)9(22,23)8(20,21)7(18,19)4(14)3-6(15,16)17/h2,4H,1,3H2. The molecule has 0 amide bonds. The van der Waals surface area contributed by atoms with Gasteiger partial charge in [-0.1, -0.05) is 6.58 Å². The quantitative estimate of drug-likeness (QED) is 0.183. The van der Waals surface area contributed by atoms with Crippen LogP contribution in [0, 0.1) is 0 Å². The fourth-order valence-electron chi connectivity index (χ4n) is 1.74. The SMILES string of the molecule is C=CC(=O)OC(F)(F)C(F)(F)C(F)(F)C(F)(F)C(F)(F)C(F)(F)C(F)(F)C(F)CC(F)(F)F. The lowest BCUT2D eigenvalue weighted by molar-refractivity contribution is -0.462. The summed E-state index contributed by atoms with van der Waals surface area (Å²) in [6, 6.07) is 0. The highest BCUT2D eigenvalue weighted by atomic mass is 19.4. The second-order valence-electron chi connectivity index (χ2n) is 5.92. The predicted octanol–water partition coefficient (Wildman–Crippen LogP) is 6.41. The average Bonchev–Trinajstić information content (AvgIpc) is 2.58. The summed E-state index contributed by atoms with van der Waals surface area (Å²) >= 11 is 0. The van der Waals surface area contributed by atoms with Crippen LogP contribution in [0.4, 0.5) is 79.0 Å². The molecule has 33 heavy (non-hydrogen) atoms. The molecule has 20 heteroatoms. The zero-order valence-corrected chi connectivity index (χ0v) is 14.7. The van der Waals surface area contributed by atoms with E-state index in [-0.39, 0.29) is 0 Å². The summed E-state index contributed by atoms with van der Waals surface area (Å²) in [5.74, 6) is -52.5. The Balaban J connectivity index is 6.63. The maximum absolute atomic E-state index is 13.4. The van der Waals surface area contributed by atoms with Crippen LogP contribution < -0.4 is 0 Å². The number of hydrogen-bond acceptors (Lipinski definition) is 2. The van der Waals surface area contributed by atoms with E-state index in [0.29, 0.717) is 0 Å². The van der Waals surface area contributed by atoms with Crippen molar-refractivity contribution in [1.82, 2.24) is 0 Å². The number of ether oxygens (including phenoxy) is 1. The first-order valence-electron chi connectivity index (χ1n) is 7.29. The molecule has 1 unspecified atom stereocenters. The molecule has 0 rings (SSSR count). The van der Waals surface area contributed by atoms with Crippen LogP contribution in [0.5, 0.6) is 0 Å². The molecule has 2 nitrogen and oxygen atoms in total. The largest absolute Gasteiger partial charge is 0.473 e. The third-order valence-corrected chi connectivity index (χ3v) is 3.56. The first-order valence-corrected chi connectivity index (χ1v) is 7.29. The van der Waals surface area contributed by atoms with Gasteiger partial charge in [-0.2, -0.15) is 74.6 Å². The van der Waals surface area contributed by atoms with E-state index in [1.807, 2.05) is 0 Å². The summed E-state index contributed by atoms with van der Waals surface area (Å²) < 4.78 is 237. The Morgan fingerprint density at radius 3 is 1.33 bits per heavy atom. The molecular formula is C13H6F18O2. The fraction of sp³-hybridized carbons (Fsp3) is 0.769. The van der Waals surface area contributed by atoms with Gasteiger partial charge in [0.15, 0.2) is 6.17 Å². The van der Waals surface area contributed by atoms with Crippen LogP contribution in [0.15, 0.2) is 12.7 Å². The van der Waals surface area contributed by atoms with Gasteiger partial charge in [0, 0.05) is 6.08 Å². The van der Waals surface area contributed by atoms with Crippen LogP contribution in [0.3, 0.4) is 0 Å². The summed E-state index contributed by atoms with van der Waals surface area (Å²) in [7, 11) is 0. The van der Waals surface area contributed by atoms with Crippen molar-refractivity contribution in [3.05, 3.63) is 12.7 Å². The minimum Gasteiger partial charge on any atom is -0.393 e. The van der Waals surface area contributed by atoms with E-state index in [4.69, 9.17) is 0 Å². The van der Waals surface area contributed by atoms with Crippen molar-refractivity contribution in [2.75, 3.05) is 0 Å². The third kappa shape index (κ3) is 4.78. The summed E-state index contributed by atoms with van der Waals surface area (Å²) in [5, 5.41) is 0. The van der Waals surface area contributed by atoms with Gasteiger partial charge in [-0.25, -0.2) is 9.18 Å². The Morgan fingerprint density at radius 2 is 1.00 bits per heavy atom. The van der Waals surface area contributed by atoms with E-state index in [0.717, 1.165) is 0 Å². The van der Waals surface area contributed by atoms with Gasteiger partial charge in [0.05, 0.1) is 6.42 Å². The lowest BCUT2D eigenvalue weighted by Gasteiger charge is -2.42. The molecule has 0 saturated carbocycles. The van der Waals surface area contributed by atoms with Gasteiger partial charge in [-0.3, -0.25) is 0 Å². The second-order valence-corrected chi connectivity index (χ2v) is 5.92. The van der Waals surface area contributed by atoms with Crippen LogP contribution in [0.25, 0.3) is 0 Å². The van der Waals surface area contributed by atoms with Crippen LogP contribution in [-0.2, 0) is 9.53 Å². The molecule has 1 atom stereocenters. The van der Waals surface area contributed by atoms with Gasteiger partial charge in [-0.15, -0.1) is 0 Å². The van der Waals surface area contributed by atoms with Crippen molar-refractivity contribution >= 4 is 5.97 Å². The molecule has 0 aromatic heterocycles. The molecule has 0 saturated heterocycles. The van der Waals surface area contributed by atoms with E-state index in [9.17, 15) is 83.8 Å². The highest BCUT2D eigenvalue weighted by Crippen LogP contribution is 2.63. The Bertz CT molecular complexity index is 736. The monoisotopic (exact) mass is 536 g/mol. The molecule has 0 N–H and O–H groups in total. The highest BCUT2D eigenvalue weighted by molar-refractivity contribution is 5.81. The number of carbonyl (C=O) groups is 1. The summed E-state index contributed by atoms with van der Waals surface area (Å²) in [4.78, 5) is 10.4. The van der Waals surface area contributed by atoms with Crippen molar-refractivity contribution in [2.45, 2.75) is 60.4 Å². The minimum atomic E-state index is -8.67. The molecule has 0 spiro atoms. The molecule has 196 valence electrons. The maximum atomic E-state index is 13.4. The zero-order chi connectivity index (χ0) is 27.3. The Hall–Kier alpha value is -2.05. The van der Waals surface area contributed by atoms with Crippen molar-refractivity contribution < 1.29 is 88.6 Å². The lowest BCUT2D eigenvalue weighted by Crippen LogP contribution is -2.74. The second kappa shape index (κ2) is 8.31. The summed E-state index contributed by atoms with van der Waals surface area (Å²) in [6.07, 6.45) is -23.1. The van der Waals surface area contributed by atoms with Gasteiger partial charge in [0.1, 0.15) is 0 Å². The van der Waals surface area contributed by atoms with Gasteiger partial charge in [0.25, 0.3) is 0 Å². The number of carbonyl (C=O) groups excluding carboxylic acids is 1. The fourth-order valence-corrected chi connectivity index (χ4v) is 1.74. The molecule has 0 bridgehead atoms. The van der Waals surface area contributed by atoms with Crippen molar-refractivity contribution in [2.24, 2.45) is 0 Å². The first-order chi connectivity index (χ1) is 14.1. The van der Waals surface area contributed by atoms with Gasteiger partial charge >= 0.3 is 53.8 Å². The third-order valence-electron chi connectivity index (χ3n) is 3.56. The van der Waals surface area contributed by atoms with E-state index in [1.165, 1.54) is 0 Å². The Kier molecular flexibility index (Phi) is 7.80. The molecular weight excluding hydrogens is 530 g/mol. The van der Waals surface area contributed by atoms with Crippen molar-refractivity contribution in [3.63, 3.8) is 0 Å². The minimum absolute atomic E-state index is 0.481.